The van der Waals surface area contributed by atoms with Crippen LogP contribution in [0.25, 0.3) is 0 Å². The lowest BCUT2D eigenvalue weighted by molar-refractivity contribution is -0.126. The Labute approximate surface area is 161 Å². The maximum atomic E-state index is 12.9. The highest BCUT2D eigenvalue weighted by Crippen LogP contribution is 2.29. The average Bonchev–Trinajstić information content (AvgIpc) is 2.86. The lowest BCUT2D eigenvalue weighted by atomic mass is 10.1. The Morgan fingerprint density at radius 3 is 2.44 bits per heavy atom. The van der Waals surface area contributed by atoms with E-state index in [-0.39, 0.29) is 11.8 Å². The van der Waals surface area contributed by atoms with E-state index in [2.05, 4.69) is 30.4 Å². The van der Waals surface area contributed by atoms with E-state index in [1.165, 1.54) is 5.56 Å². The highest BCUT2D eigenvalue weighted by atomic mass is 16.2. The van der Waals surface area contributed by atoms with Crippen LogP contribution in [-0.4, -0.2) is 17.9 Å². The number of hydrogen-bond donors (Lipinski definition) is 1. The third kappa shape index (κ3) is 4.38. The summed E-state index contributed by atoms with van der Waals surface area (Å²) in [5.41, 5.74) is 4.38. The fourth-order valence-electron chi connectivity index (χ4n) is 3.67. The summed E-state index contributed by atoms with van der Waals surface area (Å²) in [6, 6.07) is 15.7. The number of amides is 2. The van der Waals surface area contributed by atoms with Gasteiger partial charge >= 0.3 is 0 Å². The number of rotatable bonds is 6. The quantitative estimate of drug-likeness (QED) is 0.842. The summed E-state index contributed by atoms with van der Waals surface area (Å²) in [5, 5.41) is 3.02. The molecule has 0 fully saturated rings. The number of aryl methyl sites for hydroxylation is 2. The fourth-order valence-corrected chi connectivity index (χ4v) is 3.67. The Kier molecular flexibility index (Phi) is 6.28. The van der Waals surface area contributed by atoms with Crippen molar-refractivity contribution in [3.8, 4) is 0 Å². The first kappa shape index (κ1) is 19.2. The standard InChI is InChI=1S/C23H28N2O2/c1-3-17-12-14-18(15-13-17)16-24-23(27)20(4-2)25-21-10-6-5-8-19(21)9-7-11-22(25)26/h5-6,8,10,12-15,20H,3-4,7,9,11,16H2,1-2H3,(H,24,27). The predicted molar refractivity (Wildman–Crippen MR) is 109 cm³/mol. The minimum Gasteiger partial charge on any atom is -0.350 e. The van der Waals surface area contributed by atoms with E-state index < -0.39 is 6.04 Å². The Morgan fingerprint density at radius 2 is 1.74 bits per heavy atom. The lowest BCUT2D eigenvalue weighted by Crippen LogP contribution is -2.49. The predicted octanol–water partition coefficient (Wildman–Crippen LogP) is 4.01. The molecule has 1 aliphatic rings. The van der Waals surface area contributed by atoms with E-state index in [1.54, 1.807) is 4.90 Å². The second-order valence-corrected chi connectivity index (χ2v) is 7.06. The molecule has 2 amide bonds. The molecular formula is C23H28N2O2. The number of para-hydroxylation sites is 1. The van der Waals surface area contributed by atoms with E-state index in [1.807, 2.05) is 37.3 Å². The molecular weight excluding hydrogens is 336 g/mol. The first-order valence-corrected chi connectivity index (χ1v) is 9.89. The zero-order valence-corrected chi connectivity index (χ0v) is 16.2. The van der Waals surface area contributed by atoms with Gasteiger partial charge in [0.15, 0.2) is 0 Å². The van der Waals surface area contributed by atoms with E-state index in [0.29, 0.717) is 19.4 Å². The SMILES string of the molecule is CCc1ccc(CNC(=O)C(CC)N2C(=O)CCCc3ccccc32)cc1. The molecule has 1 heterocycles. The first-order chi connectivity index (χ1) is 13.1. The molecule has 0 saturated heterocycles. The summed E-state index contributed by atoms with van der Waals surface area (Å²) in [6.45, 7) is 4.56. The molecule has 4 nitrogen and oxygen atoms in total. The minimum atomic E-state index is -0.480. The summed E-state index contributed by atoms with van der Waals surface area (Å²) >= 11 is 0. The third-order valence-electron chi connectivity index (χ3n) is 5.26. The van der Waals surface area contributed by atoms with Crippen molar-refractivity contribution in [2.24, 2.45) is 0 Å². The van der Waals surface area contributed by atoms with Gasteiger partial charge in [-0.25, -0.2) is 0 Å². The number of fused-ring (bicyclic) bond motifs is 1. The van der Waals surface area contributed by atoms with E-state index in [0.717, 1.165) is 36.1 Å². The van der Waals surface area contributed by atoms with Gasteiger partial charge < -0.3 is 5.32 Å². The lowest BCUT2D eigenvalue weighted by Gasteiger charge is -2.30. The molecule has 0 saturated carbocycles. The largest absolute Gasteiger partial charge is 0.350 e. The Hall–Kier alpha value is -2.62. The molecule has 0 bridgehead atoms. The van der Waals surface area contributed by atoms with Gasteiger partial charge in [0.2, 0.25) is 11.8 Å². The van der Waals surface area contributed by atoms with Gasteiger partial charge in [-0.3, -0.25) is 14.5 Å². The van der Waals surface area contributed by atoms with Crippen LogP contribution in [0.3, 0.4) is 0 Å². The molecule has 0 aliphatic carbocycles. The summed E-state index contributed by atoms with van der Waals surface area (Å²) in [5.74, 6) is -0.0589. The van der Waals surface area contributed by atoms with Gasteiger partial charge in [0.05, 0.1) is 0 Å². The number of nitrogens with zero attached hydrogens (tertiary/aromatic N) is 1. The summed E-state index contributed by atoms with van der Waals surface area (Å²) in [7, 11) is 0. The second-order valence-electron chi connectivity index (χ2n) is 7.06. The molecule has 0 radical (unpaired) electrons. The molecule has 1 unspecified atom stereocenters. The van der Waals surface area contributed by atoms with Crippen LogP contribution in [0.4, 0.5) is 5.69 Å². The van der Waals surface area contributed by atoms with Gasteiger partial charge in [-0.1, -0.05) is 56.3 Å². The summed E-state index contributed by atoms with van der Waals surface area (Å²) in [6.07, 6.45) is 3.77. The number of anilines is 1. The van der Waals surface area contributed by atoms with Crippen molar-refractivity contribution >= 4 is 17.5 Å². The highest BCUT2D eigenvalue weighted by molar-refractivity contribution is 6.01. The van der Waals surface area contributed by atoms with Crippen LogP contribution in [0.1, 0.15) is 49.8 Å². The van der Waals surface area contributed by atoms with Gasteiger partial charge in [-0.2, -0.15) is 0 Å². The Balaban J connectivity index is 1.76. The van der Waals surface area contributed by atoms with Crippen LogP contribution in [-0.2, 0) is 29.0 Å². The van der Waals surface area contributed by atoms with Crippen molar-refractivity contribution in [2.45, 2.75) is 58.5 Å². The number of benzene rings is 2. The fraction of sp³-hybridized carbons (Fsp3) is 0.391. The summed E-state index contributed by atoms with van der Waals surface area (Å²) in [4.78, 5) is 27.4. The molecule has 2 aromatic rings. The second kappa shape index (κ2) is 8.85. The molecule has 3 rings (SSSR count). The zero-order valence-electron chi connectivity index (χ0n) is 16.2. The molecule has 1 atom stereocenters. The van der Waals surface area contributed by atoms with Crippen LogP contribution in [0.15, 0.2) is 48.5 Å². The smallest absolute Gasteiger partial charge is 0.243 e. The van der Waals surface area contributed by atoms with Crippen LogP contribution in [0, 0.1) is 0 Å². The van der Waals surface area contributed by atoms with Crippen LogP contribution >= 0.6 is 0 Å². The van der Waals surface area contributed by atoms with Crippen molar-refractivity contribution in [2.75, 3.05) is 4.90 Å². The third-order valence-corrected chi connectivity index (χ3v) is 5.26. The monoisotopic (exact) mass is 364 g/mol. The van der Waals surface area contributed by atoms with Crippen LogP contribution in [0.5, 0.6) is 0 Å². The Morgan fingerprint density at radius 1 is 1.04 bits per heavy atom. The Bertz CT molecular complexity index is 798. The maximum Gasteiger partial charge on any atom is 0.243 e. The normalized spacial score (nSPS) is 15.0. The highest BCUT2D eigenvalue weighted by Gasteiger charge is 2.32. The molecule has 142 valence electrons. The van der Waals surface area contributed by atoms with Gasteiger partial charge in [0.25, 0.3) is 0 Å². The number of carbonyl (C=O) groups excluding carboxylic acids is 2. The average molecular weight is 364 g/mol. The topological polar surface area (TPSA) is 49.4 Å². The molecule has 1 N–H and O–H groups in total. The molecule has 1 aliphatic heterocycles. The van der Waals surface area contributed by atoms with Crippen LogP contribution in [0.2, 0.25) is 0 Å². The molecule has 0 spiro atoms. The zero-order chi connectivity index (χ0) is 19.2. The molecule has 2 aromatic carbocycles. The maximum absolute atomic E-state index is 12.9. The van der Waals surface area contributed by atoms with E-state index >= 15 is 0 Å². The van der Waals surface area contributed by atoms with Gasteiger partial charge in [-0.15, -0.1) is 0 Å². The first-order valence-electron chi connectivity index (χ1n) is 9.89. The van der Waals surface area contributed by atoms with E-state index in [9.17, 15) is 9.59 Å². The van der Waals surface area contributed by atoms with E-state index in [4.69, 9.17) is 0 Å². The van der Waals surface area contributed by atoms with Gasteiger partial charge in [-0.05, 0) is 48.4 Å². The van der Waals surface area contributed by atoms with Crippen molar-refractivity contribution in [3.63, 3.8) is 0 Å². The van der Waals surface area contributed by atoms with Crippen molar-refractivity contribution < 1.29 is 9.59 Å². The number of carbonyl (C=O) groups is 2. The minimum absolute atomic E-state index is 0.0363. The van der Waals surface area contributed by atoms with Crippen LogP contribution < -0.4 is 10.2 Å². The van der Waals surface area contributed by atoms with Crippen molar-refractivity contribution in [1.29, 1.82) is 0 Å². The van der Waals surface area contributed by atoms with Gasteiger partial charge in [0, 0.05) is 18.7 Å². The summed E-state index contributed by atoms with van der Waals surface area (Å²) < 4.78 is 0. The molecule has 0 aromatic heterocycles. The van der Waals surface area contributed by atoms with Crippen molar-refractivity contribution in [3.05, 3.63) is 65.2 Å². The molecule has 4 heteroatoms. The van der Waals surface area contributed by atoms with Gasteiger partial charge in [0.1, 0.15) is 6.04 Å². The van der Waals surface area contributed by atoms with Crippen molar-refractivity contribution in [1.82, 2.24) is 5.32 Å². The molecule has 27 heavy (non-hydrogen) atoms. The number of hydrogen-bond acceptors (Lipinski definition) is 2. The number of nitrogens with one attached hydrogen (secondary N) is 1.